The molecule has 1 aromatic carbocycles. The molecule has 6 nitrogen and oxygen atoms in total. The fourth-order valence-electron chi connectivity index (χ4n) is 3.76. The molecule has 0 N–H and O–H groups in total. The topological polar surface area (TPSA) is 66.7 Å². The highest BCUT2D eigenvalue weighted by molar-refractivity contribution is 6.05. The highest BCUT2D eigenvalue weighted by Gasteiger charge is 2.52. The number of amides is 2. The van der Waals surface area contributed by atoms with Gasteiger partial charge in [-0.3, -0.25) is 19.4 Å². The van der Waals surface area contributed by atoms with E-state index in [4.69, 9.17) is 4.42 Å². The van der Waals surface area contributed by atoms with Gasteiger partial charge in [0.05, 0.1) is 17.5 Å². The molecular weight excluding hydrogens is 318 g/mol. The van der Waals surface area contributed by atoms with Crippen molar-refractivity contribution in [1.29, 1.82) is 0 Å². The van der Waals surface area contributed by atoms with Crippen LogP contribution in [0.1, 0.15) is 22.9 Å². The molecule has 3 heterocycles. The van der Waals surface area contributed by atoms with Crippen LogP contribution in [0.2, 0.25) is 0 Å². The molecule has 4 rings (SSSR count). The number of benzene rings is 1. The summed E-state index contributed by atoms with van der Waals surface area (Å²) < 4.78 is 5.53. The van der Waals surface area contributed by atoms with E-state index in [0.29, 0.717) is 19.0 Å². The number of carbonyl (C=O) groups excluding carboxylic acids is 2. The van der Waals surface area contributed by atoms with E-state index in [1.807, 2.05) is 32.0 Å². The smallest absolute Gasteiger partial charge is 0.234 e. The molecule has 130 valence electrons. The van der Waals surface area contributed by atoms with E-state index in [1.165, 1.54) is 10.5 Å². The molecule has 0 bridgehead atoms. The molecule has 2 amide bonds. The zero-order valence-corrected chi connectivity index (χ0v) is 14.4. The van der Waals surface area contributed by atoms with Crippen LogP contribution in [0.3, 0.4) is 0 Å². The Balaban J connectivity index is 1.44. The van der Waals surface area contributed by atoms with E-state index in [1.54, 1.807) is 0 Å². The lowest BCUT2D eigenvalue weighted by Crippen LogP contribution is -2.35. The molecule has 0 radical (unpaired) electrons. The third-order valence-corrected chi connectivity index (χ3v) is 5.18. The average Bonchev–Trinajstić information content (AvgIpc) is 3.21. The van der Waals surface area contributed by atoms with Crippen molar-refractivity contribution in [2.45, 2.75) is 26.9 Å². The van der Waals surface area contributed by atoms with Crippen molar-refractivity contribution in [2.24, 2.45) is 11.8 Å². The Morgan fingerprint density at radius 3 is 2.24 bits per heavy atom. The molecule has 2 aromatic rings. The van der Waals surface area contributed by atoms with E-state index in [9.17, 15) is 9.59 Å². The number of rotatable bonds is 4. The van der Waals surface area contributed by atoms with Crippen LogP contribution in [0, 0.1) is 25.7 Å². The summed E-state index contributed by atoms with van der Waals surface area (Å²) in [7, 11) is 0. The van der Waals surface area contributed by atoms with Crippen molar-refractivity contribution < 1.29 is 14.0 Å². The second-order valence-corrected chi connectivity index (χ2v) is 6.90. The number of hydrogen-bond acceptors (Lipinski definition) is 5. The molecule has 1 aromatic heterocycles. The van der Waals surface area contributed by atoms with Crippen LogP contribution in [0.4, 0.5) is 0 Å². The molecule has 0 spiro atoms. The standard InChI is InChI=1S/C19H21N3O3/c1-12-13(2)25-17(20-12)11-22-18(23)15-9-21(10-16(15)19(22)24)8-14-6-4-3-5-7-14/h3-7,15-16H,8-11H2,1-2H3/t15-,16-/m0/s1. The number of likely N-dealkylation sites (tertiary alicyclic amines) is 2. The van der Waals surface area contributed by atoms with E-state index in [-0.39, 0.29) is 30.2 Å². The fraction of sp³-hybridized carbons (Fsp3) is 0.421. The molecule has 2 aliphatic heterocycles. The number of oxazole rings is 1. The lowest BCUT2D eigenvalue weighted by Gasteiger charge is -2.19. The SMILES string of the molecule is Cc1nc(CN2C(=O)[C@H]3CN(Cc4ccccc4)C[C@@H]3C2=O)oc1C. The molecule has 0 saturated carbocycles. The first-order valence-electron chi connectivity index (χ1n) is 8.57. The summed E-state index contributed by atoms with van der Waals surface area (Å²) in [5, 5.41) is 0. The number of nitrogens with zero attached hydrogens (tertiary/aromatic N) is 3. The van der Waals surface area contributed by atoms with Gasteiger partial charge in [-0.05, 0) is 19.4 Å². The predicted molar refractivity (Wildman–Crippen MR) is 90.2 cm³/mol. The third-order valence-electron chi connectivity index (χ3n) is 5.18. The molecule has 2 fully saturated rings. The van der Waals surface area contributed by atoms with Gasteiger partial charge < -0.3 is 4.42 Å². The first-order chi connectivity index (χ1) is 12.0. The minimum absolute atomic E-state index is 0.0981. The van der Waals surface area contributed by atoms with Crippen molar-refractivity contribution in [1.82, 2.24) is 14.8 Å². The summed E-state index contributed by atoms with van der Waals surface area (Å²) in [6.45, 7) is 5.85. The van der Waals surface area contributed by atoms with E-state index in [0.717, 1.165) is 18.0 Å². The number of fused-ring (bicyclic) bond motifs is 1. The van der Waals surface area contributed by atoms with E-state index in [2.05, 4.69) is 22.0 Å². The molecule has 2 atom stereocenters. The van der Waals surface area contributed by atoms with Crippen LogP contribution in [0.15, 0.2) is 34.7 Å². The summed E-state index contributed by atoms with van der Waals surface area (Å²) in [4.78, 5) is 33.2. The maximum Gasteiger partial charge on any atom is 0.234 e. The van der Waals surface area contributed by atoms with Crippen LogP contribution in [-0.2, 0) is 22.7 Å². The Labute approximate surface area is 146 Å². The lowest BCUT2D eigenvalue weighted by atomic mass is 10.00. The van der Waals surface area contributed by atoms with Gasteiger partial charge in [-0.2, -0.15) is 0 Å². The largest absolute Gasteiger partial charge is 0.444 e. The Morgan fingerprint density at radius 2 is 1.68 bits per heavy atom. The Hall–Kier alpha value is -2.47. The number of aromatic nitrogens is 1. The summed E-state index contributed by atoms with van der Waals surface area (Å²) in [5.41, 5.74) is 1.99. The van der Waals surface area contributed by atoms with Gasteiger partial charge in [0, 0.05) is 19.6 Å². The van der Waals surface area contributed by atoms with Crippen LogP contribution in [-0.4, -0.2) is 39.7 Å². The first kappa shape index (κ1) is 16.0. The van der Waals surface area contributed by atoms with Gasteiger partial charge in [0.1, 0.15) is 12.3 Å². The highest BCUT2D eigenvalue weighted by Crippen LogP contribution is 2.35. The van der Waals surface area contributed by atoms with Gasteiger partial charge in [-0.1, -0.05) is 30.3 Å². The lowest BCUT2D eigenvalue weighted by molar-refractivity contribution is -0.141. The maximum absolute atomic E-state index is 12.7. The Bertz CT molecular complexity index is 771. The molecule has 6 heteroatoms. The maximum atomic E-state index is 12.7. The van der Waals surface area contributed by atoms with Gasteiger partial charge in [0.2, 0.25) is 17.7 Å². The minimum atomic E-state index is -0.242. The summed E-state index contributed by atoms with van der Waals surface area (Å²) in [6.07, 6.45) is 0. The molecule has 2 aliphatic rings. The zero-order chi connectivity index (χ0) is 17.6. The van der Waals surface area contributed by atoms with Gasteiger partial charge >= 0.3 is 0 Å². The van der Waals surface area contributed by atoms with Crippen molar-refractivity contribution in [3.8, 4) is 0 Å². The van der Waals surface area contributed by atoms with Gasteiger partial charge in [-0.25, -0.2) is 4.98 Å². The van der Waals surface area contributed by atoms with Gasteiger partial charge in [0.15, 0.2) is 0 Å². The molecule has 0 unspecified atom stereocenters. The summed E-state index contributed by atoms with van der Waals surface area (Å²) in [6, 6.07) is 10.1. The van der Waals surface area contributed by atoms with Crippen molar-refractivity contribution in [2.75, 3.05) is 13.1 Å². The average molecular weight is 339 g/mol. The summed E-state index contributed by atoms with van der Waals surface area (Å²) >= 11 is 0. The number of carbonyl (C=O) groups is 2. The fourth-order valence-corrected chi connectivity index (χ4v) is 3.76. The third kappa shape index (κ3) is 2.87. The Kier molecular flexibility index (Phi) is 3.92. The van der Waals surface area contributed by atoms with Crippen LogP contribution in [0.5, 0.6) is 0 Å². The molecule has 0 aliphatic carbocycles. The number of hydrogen-bond donors (Lipinski definition) is 0. The minimum Gasteiger partial charge on any atom is -0.444 e. The zero-order valence-electron chi connectivity index (χ0n) is 14.4. The van der Waals surface area contributed by atoms with Crippen molar-refractivity contribution in [3.05, 3.63) is 53.2 Å². The van der Waals surface area contributed by atoms with Crippen molar-refractivity contribution >= 4 is 11.8 Å². The van der Waals surface area contributed by atoms with Crippen LogP contribution in [0.25, 0.3) is 0 Å². The molecular formula is C19H21N3O3. The normalized spacial score (nSPS) is 23.5. The number of aryl methyl sites for hydroxylation is 2. The predicted octanol–water partition coefficient (Wildman–Crippen LogP) is 1.91. The van der Waals surface area contributed by atoms with Gasteiger partial charge in [-0.15, -0.1) is 0 Å². The van der Waals surface area contributed by atoms with E-state index >= 15 is 0 Å². The Morgan fingerprint density at radius 1 is 1.04 bits per heavy atom. The first-order valence-corrected chi connectivity index (χ1v) is 8.57. The van der Waals surface area contributed by atoms with Gasteiger partial charge in [0.25, 0.3) is 0 Å². The molecule has 25 heavy (non-hydrogen) atoms. The molecule has 2 saturated heterocycles. The van der Waals surface area contributed by atoms with Crippen LogP contribution >= 0.6 is 0 Å². The monoisotopic (exact) mass is 339 g/mol. The second kappa shape index (κ2) is 6.11. The van der Waals surface area contributed by atoms with E-state index < -0.39 is 0 Å². The highest BCUT2D eigenvalue weighted by atomic mass is 16.4. The second-order valence-electron chi connectivity index (χ2n) is 6.90. The summed E-state index contributed by atoms with van der Waals surface area (Å²) in [5.74, 6) is 0.473. The quantitative estimate of drug-likeness (QED) is 0.796. The van der Waals surface area contributed by atoms with Crippen molar-refractivity contribution in [3.63, 3.8) is 0 Å². The van der Waals surface area contributed by atoms with Crippen LogP contribution < -0.4 is 0 Å². The number of imide groups is 1.